The number of rotatable bonds is 7. The third kappa shape index (κ3) is 4.84. The Morgan fingerprint density at radius 1 is 1.17 bits per heavy atom. The lowest BCUT2D eigenvalue weighted by molar-refractivity contribution is -0.143. The van der Waals surface area contributed by atoms with Crippen molar-refractivity contribution in [3.05, 3.63) is 48.2 Å². The van der Waals surface area contributed by atoms with E-state index in [1.54, 1.807) is 17.8 Å². The number of carbonyl (C=O) groups is 1. The zero-order valence-corrected chi connectivity index (χ0v) is 19.4. The summed E-state index contributed by atoms with van der Waals surface area (Å²) in [6.07, 6.45) is 2.73. The van der Waals surface area contributed by atoms with Crippen LogP contribution in [0.2, 0.25) is 0 Å². The Morgan fingerprint density at radius 2 is 2.00 bits per heavy atom. The van der Waals surface area contributed by atoms with Gasteiger partial charge >= 0.3 is 12.0 Å². The van der Waals surface area contributed by atoms with Gasteiger partial charge in [0.25, 0.3) is 0 Å². The van der Waals surface area contributed by atoms with Crippen molar-refractivity contribution < 1.29 is 19.2 Å². The van der Waals surface area contributed by atoms with Gasteiger partial charge in [0, 0.05) is 12.6 Å². The van der Waals surface area contributed by atoms with E-state index in [1.165, 1.54) is 0 Å². The van der Waals surface area contributed by atoms with Crippen LogP contribution in [0.1, 0.15) is 31.4 Å². The summed E-state index contributed by atoms with van der Waals surface area (Å²) in [4.78, 5) is 20.4. The molecule has 0 bridgehead atoms. The van der Waals surface area contributed by atoms with Crippen molar-refractivity contribution in [2.75, 3.05) is 5.32 Å². The van der Waals surface area contributed by atoms with Gasteiger partial charge in [-0.1, -0.05) is 40.7 Å². The molecule has 11 heteroatoms. The molecule has 1 aromatic carbocycles. The normalized spacial score (nSPS) is 17.8. The number of aryl methyl sites for hydroxylation is 2. The summed E-state index contributed by atoms with van der Waals surface area (Å²) < 4.78 is 13.1. The molecule has 4 aromatic rings. The Balaban J connectivity index is 1.34. The van der Waals surface area contributed by atoms with Crippen molar-refractivity contribution in [1.82, 2.24) is 30.1 Å². The number of benzene rings is 1. The molecule has 1 saturated carbocycles. The number of carboxylic acid groups (broad SMARTS) is 1. The first-order chi connectivity index (χ1) is 17.0. The number of aliphatic carboxylic acids is 1. The van der Waals surface area contributed by atoms with Crippen LogP contribution in [-0.2, 0) is 11.8 Å². The number of aromatic nitrogens is 6. The third-order valence-electron chi connectivity index (χ3n) is 6.06. The predicted octanol–water partition coefficient (Wildman–Crippen LogP) is 4.00. The average Bonchev–Trinajstić information content (AvgIpc) is 3.48. The van der Waals surface area contributed by atoms with E-state index in [4.69, 9.17) is 9.26 Å². The number of hydrogen-bond acceptors (Lipinski definition) is 9. The molecule has 0 aliphatic heterocycles. The van der Waals surface area contributed by atoms with E-state index in [-0.39, 0.29) is 18.0 Å². The molecule has 5 rings (SSSR count). The lowest BCUT2D eigenvalue weighted by atomic mass is 9.87. The maximum Gasteiger partial charge on any atom is 0.327 e. The highest BCUT2D eigenvalue weighted by molar-refractivity contribution is 5.72. The molecule has 3 aromatic heterocycles. The summed E-state index contributed by atoms with van der Waals surface area (Å²) in [5, 5.41) is 24.8. The highest BCUT2D eigenvalue weighted by Gasteiger charge is 2.28. The molecular weight excluding hydrogens is 450 g/mol. The van der Waals surface area contributed by atoms with Crippen LogP contribution in [0.5, 0.6) is 5.75 Å². The molecule has 1 aliphatic rings. The second-order valence-electron chi connectivity index (χ2n) is 8.55. The largest absolute Gasteiger partial charge is 0.489 e. The fourth-order valence-electron chi connectivity index (χ4n) is 4.21. The third-order valence-corrected chi connectivity index (χ3v) is 6.06. The summed E-state index contributed by atoms with van der Waals surface area (Å²) >= 11 is 0. The van der Waals surface area contributed by atoms with Crippen molar-refractivity contribution in [1.29, 1.82) is 0 Å². The minimum absolute atomic E-state index is 0.138. The molecule has 11 nitrogen and oxygen atoms in total. The molecule has 0 saturated heterocycles. The molecule has 0 spiro atoms. The molecule has 0 amide bonds. The molecule has 0 radical (unpaired) electrons. The number of hydrogen-bond donors (Lipinski definition) is 2. The summed E-state index contributed by atoms with van der Waals surface area (Å²) in [6.45, 7) is 1.85. The first-order valence-electron chi connectivity index (χ1n) is 11.4. The lowest BCUT2D eigenvalue weighted by Crippen LogP contribution is -2.29. The van der Waals surface area contributed by atoms with Crippen LogP contribution in [0.4, 0.5) is 11.8 Å². The minimum Gasteiger partial charge on any atom is -0.489 e. The summed E-state index contributed by atoms with van der Waals surface area (Å²) in [5.41, 5.74) is 2.64. The molecule has 1 aliphatic carbocycles. The Labute approximate surface area is 201 Å². The van der Waals surface area contributed by atoms with Gasteiger partial charge in [-0.3, -0.25) is 10.1 Å². The maximum atomic E-state index is 11.4. The van der Waals surface area contributed by atoms with Crippen LogP contribution in [0, 0.1) is 12.8 Å². The first-order valence-corrected chi connectivity index (χ1v) is 11.4. The van der Waals surface area contributed by atoms with Gasteiger partial charge in [-0.2, -0.15) is 4.98 Å². The van der Waals surface area contributed by atoms with Crippen molar-refractivity contribution in [3.63, 3.8) is 0 Å². The van der Waals surface area contributed by atoms with E-state index in [0.717, 1.165) is 18.4 Å². The Hall–Kier alpha value is -4.28. The van der Waals surface area contributed by atoms with Crippen LogP contribution in [0.25, 0.3) is 22.8 Å². The van der Waals surface area contributed by atoms with E-state index in [2.05, 4.69) is 30.8 Å². The molecular formula is C24H25N7O4. The molecule has 2 atom stereocenters. The Bertz CT molecular complexity index is 1330. The van der Waals surface area contributed by atoms with Gasteiger partial charge in [0.15, 0.2) is 11.5 Å². The van der Waals surface area contributed by atoms with E-state index in [9.17, 15) is 9.90 Å². The van der Waals surface area contributed by atoms with Gasteiger partial charge < -0.3 is 14.4 Å². The second kappa shape index (κ2) is 9.53. The molecule has 2 N–H and O–H groups in total. The second-order valence-corrected chi connectivity index (χ2v) is 8.55. The molecule has 3 heterocycles. The number of carboxylic acids is 1. The lowest BCUT2D eigenvalue weighted by Gasteiger charge is -2.27. The topological polar surface area (TPSA) is 141 Å². The quantitative estimate of drug-likeness (QED) is 0.403. The summed E-state index contributed by atoms with van der Waals surface area (Å²) in [7, 11) is 1.75. The molecule has 1 fully saturated rings. The molecule has 2 unspecified atom stereocenters. The van der Waals surface area contributed by atoms with E-state index in [1.807, 2.05) is 43.3 Å². The maximum absolute atomic E-state index is 11.4. The van der Waals surface area contributed by atoms with Crippen molar-refractivity contribution in [3.8, 4) is 28.5 Å². The monoisotopic (exact) mass is 475 g/mol. The fraction of sp³-hybridized carbons (Fsp3) is 0.333. The smallest absolute Gasteiger partial charge is 0.327 e. The fourth-order valence-corrected chi connectivity index (χ4v) is 4.21. The van der Waals surface area contributed by atoms with E-state index < -0.39 is 5.97 Å². The highest BCUT2D eigenvalue weighted by Crippen LogP contribution is 2.32. The van der Waals surface area contributed by atoms with Crippen LogP contribution in [0.3, 0.4) is 0 Å². The highest BCUT2D eigenvalue weighted by atomic mass is 16.5. The van der Waals surface area contributed by atoms with Gasteiger partial charge in [-0.25, -0.2) is 9.67 Å². The van der Waals surface area contributed by atoms with Crippen LogP contribution >= 0.6 is 0 Å². The van der Waals surface area contributed by atoms with Crippen molar-refractivity contribution >= 4 is 17.8 Å². The van der Waals surface area contributed by atoms with E-state index in [0.29, 0.717) is 47.3 Å². The molecule has 180 valence electrons. The summed E-state index contributed by atoms with van der Waals surface area (Å²) in [5.74, 6) is 0.524. The van der Waals surface area contributed by atoms with Crippen LogP contribution in [-0.4, -0.2) is 47.3 Å². The van der Waals surface area contributed by atoms with Gasteiger partial charge in [-0.05, 0) is 44.7 Å². The Morgan fingerprint density at radius 3 is 2.77 bits per heavy atom. The number of anilines is 2. The van der Waals surface area contributed by atoms with Gasteiger partial charge in [-0.15, -0.1) is 5.10 Å². The van der Waals surface area contributed by atoms with Crippen LogP contribution < -0.4 is 10.1 Å². The van der Waals surface area contributed by atoms with Crippen LogP contribution in [0.15, 0.2) is 47.0 Å². The van der Waals surface area contributed by atoms with Crippen molar-refractivity contribution in [2.45, 2.75) is 38.7 Å². The first kappa shape index (κ1) is 22.5. The number of pyridine rings is 1. The zero-order valence-electron chi connectivity index (χ0n) is 19.4. The molecule has 35 heavy (non-hydrogen) atoms. The summed E-state index contributed by atoms with van der Waals surface area (Å²) in [6, 6.07) is 13.4. The zero-order chi connectivity index (χ0) is 24.4. The number of ether oxygens (including phenoxy) is 1. The van der Waals surface area contributed by atoms with Crippen molar-refractivity contribution in [2.24, 2.45) is 13.0 Å². The standard InChI is InChI=1S/C24H25N7O4/c1-14-19(34-17-10-6-9-16(13-17)23(32)33)12-11-18(25-14)20-22(31(2)30-28-20)27-24-26-21(29-35-24)15-7-4-3-5-8-15/h3-5,7-8,11-12,16-17H,6,9-10,13H2,1-2H3,(H,32,33)(H,26,27,29). The van der Waals surface area contributed by atoms with Gasteiger partial charge in [0.05, 0.1) is 23.4 Å². The average molecular weight is 476 g/mol. The van der Waals surface area contributed by atoms with E-state index >= 15 is 0 Å². The predicted molar refractivity (Wildman–Crippen MR) is 126 cm³/mol. The SMILES string of the molecule is Cc1nc(-c2nnn(C)c2Nc2nc(-c3ccccc3)no2)ccc1OC1CCCC(C(=O)O)C1. The van der Waals surface area contributed by atoms with Gasteiger partial charge in [0.1, 0.15) is 5.75 Å². The minimum atomic E-state index is -0.761. The van der Waals surface area contributed by atoms with Gasteiger partial charge in [0.2, 0.25) is 5.82 Å². The number of nitrogens with one attached hydrogen (secondary N) is 1. The number of nitrogens with zero attached hydrogens (tertiary/aromatic N) is 6. The Kier molecular flexibility index (Phi) is 6.13.